The molecule has 196 valence electrons. The van der Waals surface area contributed by atoms with Gasteiger partial charge in [-0.3, -0.25) is 18.8 Å². The zero-order valence-electron chi connectivity index (χ0n) is 20.7. The minimum absolute atomic E-state index is 0.0131. The maximum absolute atomic E-state index is 13.3. The van der Waals surface area contributed by atoms with E-state index < -0.39 is 32.5 Å². The Balaban J connectivity index is 1.50. The number of amides is 1. The standard InChI is InChI=1S/C27H26N4O5S2/c1-20-10-15-26(21(2)17-20)30-37(33,34)24-13-11-22(12-14-24)29-27(32)19-31(23-7-6-16-28-18-23)38(35,36)25-8-4-3-5-9-25/h3-18,30H,19H2,1-2H3,(H,29,32). The highest BCUT2D eigenvalue weighted by molar-refractivity contribution is 7.93. The van der Waals surface area contributed by atoms with Crippen LogP contribution in [-0.4, -0.2) is 34.3 Å². The van der Waals surface area contributed by atoms with E-state index in [4.69, 9.17) is 0 Å². The molecule has 1 heterocycles. The molecule has 1 aromatic heterocycles. The number of benzene rings is 3. The van der Waals surface area contributed by atoms with E-state index in [0.29, 0.717) is 11.4 Å². The number of nitrogens with zero attached hydrogens (tertiary/aromatic N) is 2. The van der Waals surface area contributed by atoms with Gasteiger partial charge in [-0.05, 0) is 74.0 Å². The quantitative estimate of drug-likeness (QED) is 0.320. The van der Waals surface area contributed by atoms with Crippen LogP contribution in [0, 0.1) is 13.8 Å². The highest BCUT2D eigenvalue weighted by atomic mass is 32.2. The molecule has 9 nitrogen and oxygen atoms in total. The van der Waals surface area contributed by atoms with Crippen molar-refractivity contribution in [2.45, 2.75) is 23.6 Å². The molecule has 0 aliphatic rings. The van der Waals surface area contributed by atoms with Gasteiger partial charge in [0, 0.05) is 11.9 Å². The summed E-state index contributed by atoms with van der Waals surface area (Å²) in [4.78, 5) is 16.9. The van der Waals surface area contributed by atoms with Crippen molar-refractivity contribution >= 4 is 43.0 Å². The minimum Gasteiger partial charge on any atom is -0.325 e. The summed E-state index contributed by atoms with van der Waals surface area (Å²) in [5, 5.41) is 2.63. The Morgan fingerprint density at radius 1 is 0.842 bits per heavy atom. The molecule has 0 atom stereocenters. The summed E-state index contributed by atoms with van der Waals surface area (Å²) in [6.07, 6.45) is 2.86. The van der Waals surface area contributed by atoms with E-state index in [2.05, 4.69) is 15.0 Å². The molecule has 0 unspecified atom stereocenters. The summed E-state index contributed by atoms with van der Waals surface area (Å²) in [6.45, 7) is 3.22. The van der Waals surface area contributed by atoms with Crippen LogP contribution in [0.15, 0.2) is 107 Å². The Bertz CT molecular complexity index is 1640. The average Bonchev–Trinajstić information content (AvgIpc) is 2.90. The molecule has 0 bridgehead atoms. The highest BCUT2D eigenvalue weighted by Gasteiger charge is 2.27. The van der Waals surface area contributed by atoms with Crippen molar-refractivity contribution in [3.63, 3.8) is 0 Å². The number of carbonyl (C=O) groups is 1. The normalized spacial score (nSPS) is 11.5. The molecule has 0 fully saturated rings. The van der Waals surface area contributed by atoms with E-state index in [-0.39, 0.29) is 15.5 Å². The number of aryl methyl sites for hydroxylation is 2. The molecule has 1 amide bonds. The summed E-state index contributed by atoms with van der Waals surface area (Å²) in [6, 6.07) is 21.9. The van der Waals surface area contributed by atoms with Gasteiger partial charge < -0.3 is 5.32 Å². The van der Waals surface area contributed by atoms with Gasteiger partial charge in [0.1, 0.15) is 6.54 Å². The van der Waals surface area contributed by atoms with Crippen molar-refractivity contribution < 1.29 is 21.6 Å². The number of carbonyl (C=O) groups excluding carboxylic acids is 1. The monoisotopic (exact) mass is 550 g/mol. The van der Waals surface area contributed by atoms with E-state index in [9.17, 15) is 21.6 Å². The van der Waals surface area contributed by atoms with E-state index in [0.717, 1.165) is 15.4 Å². The molecular weight excluding hydrogens is 524 g/mol. The van der Waals surface area contributed by atoms with Crippen molar-refractivity contribution in [3.05, 3.63) is 108 Å². The highest BCUT2D eigenvalue weighted by Crippen LogP contribution is 2.24. The number of sulfonamides is 2. The fourth-order valence-electron chi connectivity index (χ4n) is 3.72. The van der Waals surface area contributed by atoms with Crippen molar-refractivity contribution in [2.24, 2.45) is 0 Å². The fraction of sp³-hybridized carbons (Fsp3) is 0.111. The number of nitrogens with one attached hydrogen (secondary N) is 2. The lowest BCUT2D eigenvalue weighted by atomic mass is 10.1. The summed E-state index contributed by atoms with van der Waals surface area (Å²) in [5.41, 5.74) is 2.82. The van der Waals surface area contributed by atoms with E-state index in [1.165, 1.54) is 48.8 Å². The minimum atomic E-state index is -4.06. The molecule has 4 rings (SSSR count). The molecule has 0 spiro atoms. The van der Waals surface area contributed by atoms with Gasteiger partial charge in [-0.25, -0.2) is 16.8 Å². The maximum atomic E-state index is 13.3. The van der Waals surface area contributed by atoms with Gasteiger partial charge in [-0.2, -0.15) is 0 Å². The summed E-state index contributed by atoms with van der Waals surface area (Å²) >= 11 is 0. The number of aromatic nitrogens is 1. The second-order valence-corrected chi connectivity index (χ2v) is 12.1. The predicted octanol–water partition coefficient (Wildman–Crippen LogP) is 4.33. The summed E-state index contributed by atoms with van der Waals surface area (Å²) in [7, 11) is -7.91. The SMILES string of the molecule is Cc1ccc(NS(=O)(=O)c2ccc(NC(=O)CN(c3cccnc3)S(=O)(=O)c3ccccc3)cc2)c(C)c1. The van der Waals surface area contributed by atoms with Gasteiger partial charge in [0.05, 0.1) is 27.4 Å². The van der Waals surface area contributed by atoms with Crippen LogP contribution in [0.1, 0.15) is 11.1 Å². The van der Waals surface area contributed by atoms with Crippen LogP contribution in [-0.2, 0) is 24.8 Å². The lowest BCUT2D eigenvalue weighted by Crippen LogP contribution is -2.38. The molecule has 0 radical (unpaired) electrons. The Kier molecular flexibility index (Phi) is 7.79. The first-order chi connectivity index (χ1) is 18.1. The molecule has 4 aromatic rings. The molecule has 0 aliphatic carbocycles. The van der Waals surface area contributed by atoms with Crippen molar-refractivity contribution in [1.29, 1.82) is 0 Å². The molecule has 38 heavy (non-hydrogen) atoms. The van der Waals surface area contributed by atoms with E-state index >= 15 is 0 Å². The lowest BCUT2D eigenvalue weighted by molar-refractivity contribution is -0.114. The van der Waals surface area contributed by atoms with Gasteiger partial charge >= 0.3 is 0 Å². The Labute approximate surface area is 222 Å². The topological polar surface area (TPSA) is 126 Å². The molecule has 11 heteroatoms. The average molecular weight is 551 g/mol. The Hall–Kier alpha value is -4.22. The van der Waals surface area contributed by atoms with Crippen LogP contribution in [0.4, 0.5) is 17.1 Å². The number of hydrogen-bond acceptors (Lipinski definition) is 6. The van der Waals surface area contributed by atoms with Crippen LogP contribution < -0.4 is 14.3 Å². The van der Waals surface area contributed by atoms with Crippen molar-refractivity contribution in [3.8, 4) is 0 Å². The van der Waals surface area contributed by atoms with Gasteiger partial charge in [-0.1, -0.05) is 35.9 Å². The third-order valence-corrected chi connectivity index (χ3v) is 8.80. The van der Waals surface area contributed by atoms with Gasteiger partial charge in [0.2, 0.25) is 5.91 Å². The first kappa shape index (κ1) is 26.8. The lowest BCUT2D eigenvalue weighted by Gasteiger charge is -2.23. The first-order valence-corrected chi connectivity index (χ1v) is 14.5. The van der Waals surface area contributed by atoms with Crippen LogP contribution in [0.3, 0.4) is 0 Å². The maximum Gasteiger partial charge on any atom is 0.264 e. The number of rotatable bonds is 9. The van der Waals surface area contributed by atoms with Crippen LogP contribution in [0.5, 0.6) is 0 Å². The third-order valence-electron chi connectivity index (χ3n) is 5.63. The van der Waals surface area contributed by atoms with Crippen molar-refractivity contribution in [1.82, 2.24) is 4.98 Å². The van der Waals surface area contributed by atoms with Crippen LogP contribution in [0.2, 0.25) is 0 Å². The molecular formula is C27H26N4O5S2. The second kappa shape index (κ2) is 11.0. The first-order valence-electron chi connectivity index (χ1n) is 11.5. The Morgan fingerprint density at radius 2 is 1.55 bits per heavy atom. The molecule has 0 saturated heterocycles. The van der Waals surface area contributed by atoms with E-state index in [1.807, 2.05) is 26.0 Å². The van der Waals surface area contributed by atoms with Gasteiger partial charge in [-0.15, -0.1) is 0 Å². The second-order valence-electron chi connectivity index (χ2n) is 8.53. The number of pyridine rings is 1. The molecule has 0 saturated carbocycles. The molecule has 3 aromatic carbocycles. The zero-order chi connectivity index (χ0) is 27.3. The Morgan fingerprint density at radius 3 is 2.18 bits per heavy atom. The van der Waals surface area contributed by atoms with Crippen LogP contribution in [0.25, 0.3) is 0 Å². The zero-order valence-corrected chi connectivity index (χ0v) is 22.3. The van der Waals surface area contributed by atoms with Crippen molar-refractivity contribution in [2.75, 3.05) is 20.9 Å². The fourth-order valence-corrected chi connectivity index (χ4v) is 6.28. The number of hydrogen-bond donors (Lipinski definition) is 2. The smallest absolute Gasteiger partial charge is 0.264 e. The van der Waals surface area contributed by atoms with Gasteiger partial charge in [0.25, 0.3) is 20.0 Å². The summed E-state index contributed by atoms with van der Waals surface area (Å²) < 4.78 is 55.9. The largest absolute Gasteiger partial charge is 0.325 e. The predicted molar refractivity (Wildman–Crippen MR) is 147 cm³/mol. The van der Waals surface area contributed by atoms with Gasteiger partial charge in [0.15, 0.2) is 0 Å². The van der Waals surface area contributed by atoms with E-state index in [1.54, 1.807) is 36.4 Å². The molecule has 0 aliphatic heterocycles. The third kappa shape index (κ3) is 6.18. The summed E-state index contributed by atoms with van der Waals surface area (Å²) in [5.74, 6) is -0.614. The van der Waals surface area contributed by atoms with Crippen LogP contribution >= 0.6 is 0 Å². The number of anilines is 3. The molecule has 2 N–H and O–H groups in total.